The first kappa shape index (κ1) is 21.4. The summed E-state index contributed by atoms with van der Waals surface area (Å²) in [6.07, 6.45) is 3.02. The van der Waals surface area contributed by atoms with E-state index in [9.17, 15) is 13.2 Å². The summed E-state index contributed by atoms with van der Waals surface area (Å²) in [7, 11) is -2.20. The Morgan fingerprint density at radius 1 is 0.933 bits per heavy atom. The van der Waals surface area contributed by atoms with E-state index >= 15 is 0 Å². The second kappa shape index (κ2) is 9.47. The maximum Gasteiger partial charge on any atom is 0.261 e. The molecule has 3 aromatic rings. The van der Waals surface area contributed by atoms with Crippen molar-refractivity contribution in [3.8, 4) is 5.75 Å². The van der Waals surface area contributed by atoms with Crippen molar-refractivity contribution in [2.75, 3.05) is 17.1 Å². The minimum absolute atomic E-state index is 0.0695. The number of amides is 1. The van der Waals surface area contributed by atoms with Gasteiger partial charge in [-0.25, -0.2) is 8.42 Å². The predicted octanol–water partition coefficient (Wildman–Crippen LogP) is 4.80. The Hall–Kier alpha value is -3.29. The molecule has 0 aliphatic rings. The Labute approximate surface area is 180 Å². The molecule has 0 spiro atoms. The number of para-hydroxylation sites is 1. The fraction of sp³-hybridized carbons (Fsp3) is 0.0455. The van der Waals surface area contributed by atoms with Crippen LogP contribution >= 0.6 is 11.6 Å². The van der Waals surface area contributed by atoms with Crippen molar-refractivity contribution in [2.24, 2.45) is 0 Å². The normalized spacial score (nSPS) is 11.3. The molecular formula is C22H19ClN2O4S. The van der Waals surface area contributed by atoms with Crippen molar-refractivity contribution in [2.45, 2.75) is 4.90 Å². The highest BCUT2D eigenvalue weighted by Crippen LogP contribution is 2.21. The summed E-state index contributed by atoms with van der Waals surface area (Å²) >= 11 is 5.81. The summed E-state index contributed by atoms with van der Waals surface area (Å²) in [5.41, 5.74) is 1.64. The first-order chi connectivity index (χ1) is 14.4. The molecule has 2 N–H and O–H groups in total. The largest absolute Gasteiger partial charge is 0.496 e. The number of halogens is 1. The summed E-state index contributed by atoms with van der Waals surface area (Å²) in [5, 5.41) is 3.20. The van der Waals surface area contributed by atoms with E-state index in [4.69, 9.17) is 16.3 Å². The van der Waals surface area contributed by atoms with Crippen molar-refractivity contribution in [1.29, 1.82) is 0 Å². The number of rotatable bonds is 7. The number of methoxy groups -OCH3 is 1. The molecule has 0 fully saturated rings. The first-order valence-corrected chi connectivity index (χ1v) is 10.7. The van der Waals surface area contributed by atoms with Gasteiger partial charge in [-0.1, -0.05) is 29.8 Å². The molecule has 0 unspecified atom stereocenters. The van der Waals surface area contributed by atoms with E-state index in [2.05, 4.69) is 10.0 Å². The second-order valence-corrected chi connectivity index (χ2v) is 8.32. The van der Waals surface area contributed by atoms with Gasteiger partial charge in [-0.3, -0.25) is 9.52 Å². The lowest BCUT2D eigenvalue weighted by Crippen LogP contribution is -2.13. The Morgan fingerprint density at radius 3 is 2.23 bits per heavy atom. The molecule has 6 nitrogen and oxygen atoms in total. The highest BCUT2D eigenvalue weighted by molar-refractivity contribution is 7.92. The number of hydrogen-bond acceptors (Lipinski definition) is 4. The number of anilines is 2. The molecule has 154 valence electrons. The van der Waals surface area contributed by atoms with Gasteiger partial charge in [0.25, 0.3) is 10.0 Å². The van der Waals surface area contributed by atoms with Crippen molar-refractivity contribution >= 4 is 45.0 Å². The molecule has 3 rings (SSSR count). The van der Waals surface area contributed by atoms with E-state index < -0.39 is 10.0 Å². The van der Waals surface area contributed by atoms with Crippen LogP contribution in [0, 0.1) is 0 Å². The maximum absolute atomic E-state index is 12.5. The second-order valence-electron chi connectivity index (χ2n) is 6.20. The fourth-order valence-electron chi connectivity index (χ4n) is 2.60. The minimum Gasteiger partial charge on any atom is -0.496 e. The third kappa shape index (κ3) is 5.62. The van der Waals surface area contributed by atoms with Gasteiger partial charge in [0.05, 0.1) is 12.0 Å². The first-order valence-electron chi connectivity index (χ1n) is 8.88. The zero-order valence-corrected chi connectivity index (χ0v) is 17.6. The zero-order chi connectivity index (χ0) is 21.6. The van der Waals surface area contributed by atoms with E-state index in [1.807, 2.05) is 18.2 Å². The smallest absolute Gasteiger partial charge is 0.261 e. The standard InChI is InChI=1S/C22H19ClN2O4S/c1-29-21-5-3-2-4-16(21)6-15-22(26)24-18-11-13-20(14-12-18)30(27,28)25-19-9-7-17(23)8-10-19/h2-15,25H,1H3,(H,24,26)/b15-6+. The molecule has 0 aliphatic carbocycles. The number of benzene rings is 3. The Balaban J connectivity index is 1.65. The van der Waals surface area contributed by atoms with Crippen LogP contribution in [0.4, 0.5) is 11.4 Å². The average molecular weight is 443 g/mol. The van der Waals surface area contributed by atoms with Crippen molar-refractivity contribution in [3.05, 3.63) is 89.5 Å². The minimum atomic E-state index is -3.76. The van der Waals surface area contributed by atoms with Crippen LogP contribution < -0.4 is 14.8 Å². The van der Waals surface area contributed by atoms with Crippen LogP contribution in [-0.2, 0) is 14.8 Å². The molecule has 0 atom stereocenters. The topological polar surface area (TPSA) is 84.5 Å². The van der Waals surface area contributed by atoms with E-state index in [0.717, 1.165) is 5.56 Å². The van der Waals surface area contributed by atoms with Gasteiger partial charge >= 0.3 is 0 Å². The van der Waals surface area contributed by atoms with Gasteiger partial charge < -0.3 is 10.1 Å². The van der Waals surface area contributed by atoms with Crippen molar-refractivity contribution in [1.82, 2.24) is 0 Å². The summed E-state index contributed by atoms with van der Waals surface area (Å²) in [6, 6.07) is 19.5. The molecule has 0 radical (unpaired) electrons. The van der Waals surface area contributed by atoms with Crippen LogP contribution in [0.15, 0.2) is 83.8 Å². The van der Waals surface area contributed by atoms with E-state index in [1.54, 1.807) is 43.5 Å². The third-order valence-electron chi connectivity index (χ3n) is 4.08. The molecule has 30 heavy (non-hydrogen) atoms. The van der Waals surface area contributed by atoms with E-state index in [0.29, 0.717) is 22.1 Å². The molecule has 0 aliphatic heterocycles. The van der Waals surface area contributed by atoms with Crippen LogP contribution in [0.1, 0.15) is 5.56 Å². The lowest BCUT2D eigenvalue weighted by Gasteiger charge is -2.09. The molecule has 0 heterocycles. The summed E-state index contributed by atoms with van der Waals surface area (Å²) in [5.74, 6) is 0.306. The predicted molar refractivity (Wildman–Crippen MR) is 119 cm³/mol. The SMILES string of the molecule is COc1ccccc1/C=C/C(=O)Nc1ccc(S(=O)(=O)Nc2ccc(Cl)cc2)cc1. The van der Waals surface area contributed by atoms with Crippen LogP contribution in [0.5, 0.6) is 5.75 Å². The quantitative estimate of drug-likeness (QED) is 0.514. The van der Waals surface area contributed by atoms with E-state index in [-0.39, 0.29) is 10.8 Å². The molecule has 0 bridgehead atoms. The molecule has 8 heteroatoms. The number of carbonyl (C=O) groups excluding carboxylic acids is 1. The van der Waals surface area contributed by atoms with Gasteiger partial charge in [0.1, 0.15) is 5.75 Å². The monoisotopic (exact) mass is 442 g/mol. The van der Waals surface area contributed by atoms with Gasteiger partial charge in [0, 0.05) is 28.0 Å². The van der Waals surface area contributed by atoms with Crippen molar-refractivity contribution in [3.63, 3.8) is 0 Å². The molecule has 1 amide bonds. The van der Waals surface area contributed by atoms with Crippen molar-refractivity contribution < 1.29 is 17.9 Å². The average Bonchev–Trinajstić information content (AvgIpc) is 2.74. The van der Waals surface area contributed by atoms with Gasteiger partial charge in [-0.05, 0) is 60.7 Å². The highest BCUT2D eigenvalue weighted by atomic mass is 35.5. The third-order valence-corrected chi connectivity index (χ3v) is 5.73. The van der Waals surface area contributed by atoms with Crippen LogP contribution in [0.25, 0.3) is 6.08 Å². The van der Waals surface area contributed by atoms with E-state index in [1.165, 1.54) is 30.3 Å². The number of carbonyl (C=O) groups is 1. The Bertz CT molecular complexity index is 1160. The zero-order valence-electron chi connectivity index (χ0n) is 16.0. The van der Waals surface area contributed by atoms with Crippen LogP contribution in [-0.4, -0.2) is 21.4 Å². The van der Waals surface area contributed by atoms with Gasteiger partial charge in [0.2, 0.25) is 5.91 Å². The Morgan fingerprint density at radius 2 is 1.57 bits per heavy atom. The summed E-state index contributed by atoms with van der Waals surface area (Å²) in [6.45, 7) is 0. The summed E-state index contributed by atoms with van der Waals surface area (Å²) < 4.78 is 32.7. The molecular weight excluding hydrogens is 424 g/mol. The number of ether oxygens (including phenoxy) is 1. The molecule has 0 aromatic heterocycles. The molecule has 3 aromatic carbocycles. The fourth-order valence-corrected chi connectivity index (χ4v) is 3.79. The lowest BCUT2D eigenvalue weighted by atomic mass is 10.2. The molecule has 0 saturated carbocycles. The summed E-state index contributed by atoms with van der Waals surface area (Å²) in [4.78, 5) is 12.2. The van der Waals surface area contributed by atoms with Crippen LogP contribution in [0.2, 0.25) is 5.02 Å². The van der Waals surface area contributed by atoms with Gasteiger partial charge in [0.15, 0.2) is 0 Å². The van der Waals surface area contributed by atoms with Gasteiger partial charge in [-0.15, -0.1) is 0 Å². The number of sulfonamides is 1. The van der Waals surface area contributed by atoms with Gasteiger partial charge in [-0.2, -0.15) is 0 Å². The lowest BCUT2D eigenvalue weighted by molar-refractivity contribution is -0.111. The number of hydrogen-bond donors (Lipinski definition) is 2. The highest BCUT2D eigenvalue weighted by Gasteiger charge is 2.14. The molecule has 0 saturated heterocycles. The Kier molecular flexibility index (Phi) is 6.76. The van der Waals surface area contributed by atoms with Crippen LogP contribution in [0.3, 0.4) is 0 Å². The maximum atomic E-state index is 12.5. The number of nitrogens with one attached hydrogen (secondary N) is 2.